The summed E-state index contributed by atoms with van der Waals surface area (Å²) in [4.78, 5) is 41.6. The fraction of sp³-hybridized carbons (Fsp3) is 0.208. The summed E-state index contributed by atoms with van der Waals surface area (Å²) in [5.74, 6) is -0.619. The van der Waals surface area contributed by atoms with E-state index in [1.807, 2.05) is 22.6 Å². The van der Waals surface area contributed by atoms with E-state index in [1.54, 1.807) is 6.07 Å². The highest BCUT2D eigenvalue weighted by Gasteiger charge is 2.33. The van der Waals surface area contributed by atoms with Crippen molar-refractivity contribution < 1.29 is 12.8 Å². The number of sulfone groups is 1. The third-order valence-electron chi connectivity index (χ3n) is 6.44. The Kier molecular flexibility index (Phi) is 6.32. The molecule has 0 atom stereocenters. The lowest BCUT2D eigenvalue weighted by molar-refractivity contribution is 0.495. The van der Waals surface area contributed by atoms with Gasteiger partial charge in [0, 0.05) is 29.3 Å². The molecule has 1 aliphatic heterocycles. The molecule has 0 radical (unpaired) electrons. The van der Waals surface area contributed by atoms with Gasteiger partial charge in [-0.2, -0.15) is 0 Å². The zero-order valence-corrected chi connectivity index (χ0v) is 22.6. The second-order valence-corrected chi connectivity index (χ2v) is 12.2. The van der Waals surface area contributed by atoms with Crippen molar-refractivity contribution in [2.24, 2.45) is 7.05 Å². The third kappa shape index (κ3) is 4.20. The van der Waals surface area contributed by atoms with Crippen LogP contribution in [0.15, 0.2) is 61.7 Å². The second kappa shape index (κ2) is 9.22. The molecule has 3 N–H and O–H groups in total. The van der Waals surface area contributed by atoms with Gasteiger partial charge in [0.15, 0.2) is 9.84 Å². The Hall–Kier alpha value is -3.30. The fourth-order valence-corrected chi connectivity index (χ4v) is 6.38. The van der Waals surface area contributed by atoms with E-state index in [4.69, 9.17) is 0 Å². The minimum atomic E-state index is -3.66. The average Bonchev–Trinajstić information content (AvgIpc) is 2.80. The van der Waals surface area contributed by atoms with Gasteiger partial charge in [-0.3, -0.25) is 23.7 Å². The van der Waals surface area contributed by atoms with Gasteiger partial charge in [0.2, 0.25) is 0 Å². The molecule has 1 aliphatic rings. The van der Waals surface area contributed by atoms with E-state index in [9.17, 15) is 27.2 Å². The van der Waals surface area contributed by atoms with E-state index in [-0.39, 0.29) is 38.6 Å². The van der Waals surface area contributed by atoms with Gasteiger partial charge in [0.25, 0.3) is 11.1 Å². The third-order valence-corrected chi connectivity index (χ3v) is 9.23. The van der Waals surface area contributed by atoms with Crippen molar-refractivity contribution in [2.45, 2.75) is 17.1 Å². The molecule has 4 aromatic rings. The molecular weight excluding hydrogens is 616 g/mol. The van der Waals surface area contributed by atoms with E-state index < -0.39 is 37.7 Å². The molecule has 2 aromatic heterocycles. The molecule has 0 bridgehead atoms. The molecule has 0 unspecified atom stereocenters. The first-order valence-corrected chi connectivity index (χ1v) is 13.8. The first-order chi connectivity index (χ1) is 17.5. The number of aryl methyl sites for hydroxylation is 1. The summed E-state index contributed by atoms with van der Waals surface area (Å²) in [6.07, 6.45) is 0. The van der Waals surface area contributed by atoms with Crippen LogP contribution in [0.5, 0.6) is 0 Å². The number of rotatable bonds is 5. The number of hydrogen-bond donors (Lipinski definition) is 3. The summed E-state index contributed by atoms with van der Waals surface area (Å²) in [7, 11) is -2.23. The fourth-order valence-electron chi connectivity index (χ4n) is 4.32. The number of benzene rings is 2. The number of H-pyrrole nitrogens is 1. The maximum atomic E-state index is 14.7. The quantitative estimate of drug-likeness (QED) is 0.285. The molecular formula is C24H21FIN5O5S. The molecule has 0 saturated carbocycles. The van der Waals surface area contributed by atoms with Crippen molar-refractivity contribution in [3.8, 4) is 5.69 Å². The predicted molar refractivity (Wildman–Crippen MR) is 146 cm³/mol. The monoisotopic (exact) mass is 637 g/mol. The van der Waals surface area contributed by atoms with Crippen molar-refractivity contribution in [3.63, 3.8) is 0 Å². The normalized spacial score (nSPS) is 14.1. The molecule has 3 heterocycles. The minimum absolute atomic E-state index is 0.00914. The molecule has 1 saturated heterocycles. The van der Waals surface area contributed by atoms with Crippen LogP contribution in [0, 0.1) is 16.3 Å². The highest BCUT2D eigenvalue weighted by atomic mass is 127. The zero-order valence-electron chi connectivity index (χ0n) is 19.6. The Morgan fingerprint density at radius 2 is 1.84 bits per heavy atom. The number of halogens is 2. The molecule has 0 spiro atoms. The topological polar surface area (TPSA) is 135 Å². The van der Waals surface area contributed by atoms with E-state index in [0.717, 1.165) is 4.57 Å². The Labute approximate surface area is 223 Å². The number of nitrogens with one attached hydrogen (secondary N) is 3. The summed E-state index contributed by atoms with van der Waals surface area (Å²) >= 11 is 1.96. The Balaban J connectivity index is 1.81. The lowest BCUT2D eigenvalue weighted by Crippen LogP contribution is -2.51. The zero-order chi connectivity index (χ0) is 26.6. The molecule has 0 aliphatic carbocycles. The number of anilines is 2. The number of nitrogens with zero attached hydrogens (tertiary/aromatic N) is 2. The average molecular weight is 637 g/mol. The summed E-state index contributed by atoms with van der Waals surface area (Å²) in [6.45, 7) is 2.12. The number of aromatic nitrogens is 3. The molecule has 0 amide bonds. The van der Waals surface area contributed by atoms with Crippen molar-refractivity contribution >= 4 is 54.8 Å². The largest absolute Gasteiger partial charge is 0.338 e. The maximum absolute atomic E-state index is 14.7. The number of fused-ring (bicyclic) bond motifs is 1. The SMILES string of the molecule is Cc1c(=O)n(C)c(Nc2ccc(I)cc2F)c2c(=O)[nH]c(=O)n(-c3cccc(S(=O)(=O)C4CNC4)c3)c12. The smallest absolute Gasteiger partial charge is 0.333 e. The number of hydrogen-bond acceptors (Lipinski definition) is 7. The van der Waals surface area contributed by atoms with Gasteiger partial charge >= 0.3 is 5.69 Å². The van der Waals surface area contributed by atoms with Crippen LogP contribution in [0.3, 0.4) is 0 Å². The van der Waals surface area contributed by atoms with Crippen molar-refractivity contribution in [2.75, 3.05) is 18.4 Å². The summed E-state index contributed by atoms with van der Waals surface area (Å²) in [6, 6.07) is 10.2. The van der Waals surface area contributed by atoms with Crippen LogP contribution in [0.2, 0.25) is 0 Å². The van der Waals surface area contributed by atoms with Gasteiger partial charge < -0.3 is 10.6 Å². The number of pyridine rings is 1. The van der Waals surface area contributed by atoms with Crippen LogP contribution in [-0.2, 0) is 16.9 Å². The van der Waals surface area contributed by atoms with Crippen LogP contribution >= 0.6 is 22.6 Å². The van der Waals surface area contributed by atoms with Crippen molar-refractivity contribution in [1.29, 1.82) is 0 Å². The highest BCUT2D eigenvalue weighted by Crippen LogP contribution is 2.28. The predicted octanol–water partition coefficient (Wildman–Crippen LogP) is 1.92. The van der Waals surface area contributed by atoms with Crippen LogP contribution in [0.4, 0.5) is 15.9 Å². The summed E-state index contributed by atoms with van der Waals surface area (Å²) in [5, 5.41) is 5.12. The molecule has 192 valence electrons. The second-order valence-electron chi connectivity index (χ2n) is 8.73. The van der Waals surface area contributed by atoms with Crippen LogP contribution in [0.25, 0.3) is 16.6 Å². The molecule has 37 heavy (non-hydrogen) atoms. The Bertz CT molecular complexity index is 1880. The van der Waals surface area contributed by atoms with Gasteiger partial charge in [0.05, 0.1) is 27.0 Å². The first kappa shape index (κ1) is 25.4. The van der Waals surface area contributed by atoms with Crippen molar-refractivity contribution in [3.05, 3.63) is 88.6 Å². The summed E-state index contributed by atoms with van der Waals surface area (Å²) in [5.41, 5.74) is -1.89. The van der Waals surface area contributed by atoms with Gasteiger partial charge in [-0.1, -0.05) is 6.07 Å². The van der Waals surface area contributed by atoms with Gasteiger partial charge in [-0.05, 0) is 65.9 Å². The van der Waals surface area contributed by atoms with E-state index in [1.165, 1.54) is 54.9 Å². The lowest BCUT2D eigenvalue weighted by Gasteiger charge is -2.27. The standard InChI is InChI=1S/C24H21FIN5O5S/c1-12-20-19(21(30(2)23(12)33)28-18-7-6-13(26)8-17(18)25)22(32)29-24(34)31(20)14-4-3-5-15(9-14)37(35,36)16-10-27-11-16/h3-9,16,27-28H,10-11H2,1-2H3,(H,29,32,34). The Morgan fingerprint density at radius 3 is 2.49 bits per heavy atom. The van der Waals surface area contributed by atoms with Gasteiger partial charge in [0.1, 0.15) is 17.0 Å². The molecule has 2 aromatic carbocycles. The van der Waals surface area contributed by atoms with Gasteiger partial charge in [-0.25, -0.2) is 17.6 Å². The maximum Gasteiger partial charge on any atom is 0.333 e. The molecule has 5 rings (SSSR count). The van der Waals surface area contributed by atoms with E-state index in [2.05, 4.69) is 15.6 Å². The lowest BCUT2D eigenvalue weighted by atomic mass is 10.1. The van der Waals surface area contributed by atoms with Crippen LogP contribution < -0.4 is 27.4 Å². The summed E-state index contributed by atoms with van der Waals surface area (Å²) < 4.78 is 43.6. The van der Waals surface area contributed by atoms with Crippen molar-refractivity contribution in [1.82, 2.24) is 19.4 Å². The van der Waals surface area contributed by atoms with Crippen LogP contribution in [-0.4, -0.2) is 40.9 Å². The minimum Gasteiger partial charge on any atom is -0.338 e. The first-order valence-electron chi connectivity index (χ1n) is 11.2. The van der Waals surface area contributed by atoms with E-state index in [0.29, 0.717) is 16.7 Å². The molecule has 1 fully saturated rings. The highest BCUT2D eigenvalue weighted by molar-refractivity contribution is 14.1. The van der Waals surface area contributed by atoms with Crippen LogP contribution in [0.1, 0.15) is 5.56 Å². The molecule has 10 nitrogen and oxygen atoms in total. The molecule has 13 heteroatoms. The van der Waals surface area contributed by atoms with Gasteiger partial charge in [-0.15, -0.1) is 0 Å². The Morgan fingerprint density at radius 1 is 1.11 bits per heavy atom. The van der Waals surface area contributed by atoms with E-state index >= 15 is 0 Å². The number of aromatic amines is 1.